The summed E-state index contributed by atoms with van der Waals surface area (Å²) in [6.45, 7) is 2.09. The number of hydrogen-bond acceptors (Lipinski definition) is 5. The topological polar surface area (TPSA) is 58.4 Å². The highest BCUT2D eigenvalue weighted by molar-refractivity contribution is 5.56. The molecule has 116 valence electrons. The molecule has 2 aromatic rings. The third kappa shape index (κ3) is 2.46. The van der Waals surface area contributed by atoms with Crippen molar-refractivity contribution in [1.29, 1.82) is 5.26 Å². The molecule has 0 saturated carbocycles. The Kier molecular flexibility index (Phi) is 3.51. The van der Waals surface area contributed by atoms with E-state index in [-0.39, 0.29) is 6.04 Å². The zero-order valence-corrected chi connectivity index (χ0v) is 12.7. The van der Waals surface area contributed by atoms with Crippen LogP contribution in [0.15, 0.2) is 36.5 Å². The molecule has 1 unspecified atom stereocenters. The van der Waals surface area contributed by atoms with Gasteiger partial charge >= 0.3 is 0 Å². The minimum absolute atomic E-state index is 0.216. The summed E-state index contributed by atoms with van der Waals surface area (Å²) in [5.41, 5.74) is 1.80. The Labute approximate surface area is 135 Å². The molecule has 0 radical (unpaired) electrons. The van der Waals surface area contributed by atoms with Gasteiger partial charge < -0.3 is 14.4 Å². The number of nitrogens with zero attached hydrogens (tertiary/aromatic N) is 3. The highest BCUT2D eigenvalue weighted by Gasteiger charge is 2.29. The molecule has 1 aromatic carbocycles. The van der Waals surface area contributed by atoms with Gasteiger partial charge in [-0.1, -0.05) is 6.07 Å². The summed E-state index contributed by atoms with van der Waals surface area (Å²) in [5, 5.41) is 9.34. The number of benzene rings is 1. The van der Waals surface area contributed by atoms with Gasteiger partial charge in [-0.3, -0.25) is 0 Å². The lowest BCUT2D eigenvalue weighted by atomic mass is 10.0. The van der Waals surface area contributed by atoms with Crippen LogP contribution < -0.4 is 14.4 Å². The molecule has 1 fully saturated rings. The van der Waals surface area contributed by atoms with E-state index < -0.39 is 0 Å². The predicted octanol–water partition coefficient (Wildman–Crippen LogP) is 3.07. The second-order valence-electron chi connectivity index (χ2n) is 5.74. The molecule has 1 atom stereocenters. The lowest BCUT2D eigenvalue weighted by molar-refractivity contribution is 0.171. The third-order valence-corrected chi connectivity index (χ3v) is 4.38. The van der Waals surface area contributed by atoms with E-state index in [0.717, 1.165) is 36.7 Å². The van der Waals surface area contributed by atoms with Crippen molar-refractivity contribution < 1.29 is 9.47 Å². The number of anilines is 1. The number of nitriles is 1. The van der Waals surface area contributed by atoms with Crippen LogP contribution in [0, 0.1) is 11.3 Å². The van der Waals surface area contributed by atoms with Crippen molar-refractivity contribution in [2.75, 3.05) is 24.7 Å². The van der Waals surface area contributed by atoms with Gasteiger partial charge in [0.05, 0.1) is 11.6 Å². The van der Waals surface area contributed by atoms with Crippen LogP contribution in [0.5, 0.6) is 11.5 Å². The van der Waals surface area contributed by atoms with E-state index in [1.54, 1.807) is 12.3 Å². The van der Waals surface area contributed by atoms with Crippen molar-refractivity contribution in [1.82, 2.24) is 4.98 Å². The van der Waals surface area contributed by atoms with Gasteiger partial charge in [0.15, 0.2) is 11.5 Å². The van der Waals surface area contributed by atoms with Gasteiger partial charge in [0.1, 0.15) is 25.1 Å². The molecule has 2 aliphatic rings. The molecule has 3 heterocycles. The molecule has 23 heavy (non-hydrogen) atoms. The fourth-order valence-corrected chi connectivity index (χ4v) is 3.35. The number of fused-ring (bicyclic) bond motifs is 1. The Hall–Kier alpha value is -2.74. The fraction of sp³-hybridized carbons (Fsp3) is 0.333. The maximum Gasteiger partial charge on any atom is 0.161 e. The third-order valence-electron chi connectivity index (χ3n) is 4.38. The number of pyridine rings is 1. The second kappa shape index (κ2) is 5.81. The molecule has 0 N–H and O–H groups in total. The van der Waals surface area contributed by atoms with Crippen LogP contribution >= 0.6 is 0 Å². The zero-order chi connectivity index (χ0) is 15.6. The Balaban J connectivity index is 1.69. The fourth-order valence-electron chi connectivity index (χ4n) is 3.35. The maximum atomic E-state index is 9.34. The smallest absolute Gasteiger partial charge is 0.161 e. The lowest BCUT2D eigenvalue weighted by Gasteiger charge is -2.28. The van der Waals surface area contributed by atoms with Crippen molar-refractivity contribution in [3.8, 4) is 17.6 Å². The van der Waals surface area contributed by atoms with E-state index >= 15 is 0 Å². The summed E-state index contributed by atoms with van der Waals surface area (Å²) < 4.78 is 11.3. The van der Waals surface area contributed by atoms with Crippen LogP contribution in [0.2, 0.25) is 0 Å². The minimum Gasteiger partial charge on any atom is -0.486 e. The van der Waals surface area contributed by atoms with Gasteiger partial charge in [-0.05, 0) is 42.7 Å². The summed E-state index contributed by atoms with van der Waals surface area (Å²) in [5.74, 6) is 2.38. The molecule has 0 amide bonds. The standard InChI is InChI=1S/C18H17N3O2/c19-12-14-3-1-7-20-18(14)21-8-2-4-15(21)13-5-6-16-17(11-13)23-10-9-22-16/h1,3,5-7,11,15H,2,4,8-10H2. The van der Waals surface area contributed by atoms with Crippen molar-refractivity contribution in [3.63, 3.8) is 0 Å². The van der Waals surface area contributed by atoms with Crippen LogP contribution in [-0.4, -0.2) is 24.7 Å². The molecular weight excluding hydrogens is 290 g/mol. The van der Waals surface area contributed by atoms with E-state index in [0.29, 0.717) is 18.8 Å². The van der Waals surface area contributed by atoms with Gasteiger partial charge in [0, 0.05) is 12.7 Å². The van der Waals surface area contributed by atoms with E-state index in [1.165, 1.54) is 5.56 Å². The van der Waals surface area contributed by atoms with Gasteiger partial charge in [-0.15, -0.1) is 0 Å². The van der Waals surface area contributed by atoms with Crippen LogP contribution in [0.4, 0.5) is 5.82 Å². The Morgan fingerprint density at radius 3 is 2.91 bits per heavy atom. The highest BCUT2D eigenvalue weighted by Crippen LogP contribution is 2.40. The summed E-state index contributed by atoms with van der Waals surface area (Å²) in [6, 6.07) is 12.2. The maximum absolute atomic E-state index is 9.34. The van der Waals surface area contributed by atoms with Crippen LogP contribution in [-0.2, 0) is 0 Å². The summed E-state index contributed by atoms with van der Waals surface area (Å²) in [4.78, 5) is 6.67. The molecule has 0 spiro atoms. The van der Waals surface area contributed by atoms with E-state index in [2.05, 4.69) is 28.1 Å². The predicted molar refractivity (Wildman–Crippen MR) is 85.7 cm³/mol. The number of ether oxygens (including phenoxy) is 2. The van der Waals surface area contributed by atoms with Gasteiger partial charge in [0.25, 0.3) is 0 Å². The zero-order valence-electron chi connectivity index (χ0n) is 12.7. The number of rotatable bonds is 2. The molecule has 1 aromatic heterocycles. The molecule has 0 aliphatic carbocycles. The molecule has 5 nitrogen and oxygen atoms in total. The largest absolute Gasteiger partial charge is 0.486 e. The highest BCUT2D eigenvalue weighted by atomic mass is 16.6. The average molecular weight is 307 g/mol. The molecule has 5 heteroatoms. The molecule has 0 bridgehead atoms. The molecule has 4 rings (SSSR count). The van der Waals surface area contributed by atoms with E-state index in [4.69, 9.17) is 9.47 Å². The van der Waals surface area contributed by atoms with E-state index in [1.807, 2.05) is 12.1 Å². The van der Waals surface area contributed by atoms with Crippen molar-refractivity contribution >= 4 is 5.82 Å². The second-order valence-corrected chi connectivity index (χ2v) is 5.74. The molecule has 1 saturated heterocycles. The Bertz CT molecular complexity index is 769. The number of hydrogen-bond donors (Lipinski definition) is 0. The molecular formula is C18H17N3O2. The Morgan fingerprint density at radius 2 is 2.04 bits per heavy atom. The first-order valence-electron chi connectivity index (χ1n) is 7.88. The Morgan fingerprint density at radius 1 is 1.17 bits per heavy atom. The van der Waals surface area contributed by atoms with Crippen LogP contribution in [0.3, 0.4) is 0 Å². The van der Waals surface area contributed by atoms with Crippen molar-refractivity contribution in [3.05, 3.63) is 47.7 Å². The van der Waals surface area contributed by atoms with Crippen molar-refractivity contribution in [2.45, 2.75) is 18.9 Å². The van der Waals surface area contributed by atoms with Gasteiger partial charge in [-0.25, -0.2) is 4.98 Å². The molecule has 2 aliphatic heterocycles. The monoisotopic (exact) mass is 307 g/mol. The lowest BCUT2D eigenvalue weighted by Crippen LogP contribution is -2.24. The summed E-state index contributed by atoms with van der Waals surface area (Å²) in [7, 11) is 0. The normalized spacial score (nSPS) is 19.4. The minimum atomic E-state index is 0.216. The summed E-state index contributed by atoms with van der Waals surface area (Å²) in [6.07, 6.45) is 3.87. The SMILES string of the molecule is N#Cc1cccnc1N1CCCC1c1ccc2c(c1)OCCO2. The first-order chi connectivity index (χ1) is 11.4. The quantitative estimate of drug-likeness (QED) is 0.853. The van der Waals surface area contributed by atoms with Crippen LogP contribution in [0.25, 0.3) is 0 Å². The van der Waals surface area contributed by atoms with Crippen molar-refractivity contribution in [2.24, 2.45) is 0 Å². The number of aromatic nitrogens is 1. The first kappa shape index (κ1) is 13.9. The van der Waals surface area contributed by atoms with Crippen LogP contribution in [0.1, 0.15) is 30.0 Å². The van der Waals surface area contributed by atoms with E-state index in [9.17, 15) is 5.26 Å². The summed E-state index contributed by atoms with van der Waals surface area (Å²) >= 11 is 0. The average Bonchev–Trinajstić information content (AvgIpc) is 3.10. The van der Waals surface area contributed by atoms with Gasteiger partial charge in [0.2, 0.25) is 0 Å². The first-order valence-corrected chi connectivity index (χ1v) is 7.88. The van der Waals surface area contributed by atoms with Gasteiger partial charge in [-0.2, -0.15) is 5.26 Å².